The summed E-state index contributed by atoms with van der Waals surface area (Å²) in [5.74, 6) is -3.05. The van der Waals surface area contributed by atoms with Crippen molar-refractivity contribution in [2.75, 3.05) is 19.6 Å². The molecule has 0 bridgehead atoms. The van der Waals surface area contributed by atoms with Crippen LogP contribution in [-0.2, 0) is 16.0 Å². The van der Waals surface area contributed by atoms with Gasteiger partial charge in [-0.2, -0.15) is 5.10 Å². The number of hydrogen-bond acceptors (Lipinski definition) is 4. The molecule has 1 aliphatic heterocycles. The van der Waals surface area contributed by atoms with Gasteiger partial charge in [-0.1, -0.05) is 29.3 Å². The van der Waals surface area contributed by atoms with E-state index in [2.05, 4.69) is 39.5 Å². The van der Waals surface area contributed by atoms with E-state index >= 15 is 0 Å². The van der Waals surface area contributed by atoms with Gasteiger partial charge in [0.2, 0.25) is 0 Å². The number of piperidine rings is 1. The Labute approximate surface area is 218 Å². The number of likely N-dealkylation sites (tertiary alicyclic amines) is 1. The van der Waals surface area contributed by atoms with Gasteiger partial charge in [0.25, 0.3) is 0 Å². The molecular formula is C26H26Cl2N4O4. The molecule has 0 aliphatic carbocycles. The van der Waals surface area contributed by atoms with Crippen LogP contribution in [0.2, 0.25) is 10.0 Å². The summed E-state index contributed by atoms with van der Waals surface area (Å²) < 4.78 is 1.90. The highest BCUT2D eigenvalue weighted by atomic mass is 35.5. The van der Waals surface area contributed by atoms with Gasteiger partial charge in [-0.05, 0) is 85.8 Å². The lowest BCUT2D eigenvalue weighted by molar-refractivity contribution is -0.159. The Kier molecular flexibility index (Phi) is 8.30. The molecule has 0 atom stereocenters. The van der Waals surface area contributed by atoms with E-state index in [4.69, 9.17) is 43.0 Å². The second kappa shape index (κ2) is 11.6. The molecule has 0 unspecified atom stereocenters. The monoisotopic (exact) mass is 528 g/mol. The summed E-state index contributed by atoms with van der Waals surface area (Å²) in [7, 11) is 0. The summed E-state index contributed by atoms with van der Waals surface area (Å²) in [5, 5.41) is 22.1. The zero-order valence-electron chi connectivity index (χ0n) is 19.4. The van der Waals surface area contributed by atoms with Crippen molar-refractivity contribution < 1.29 is 19.8 Å². The second-order valence-corrected chi connectivity index (χ2v) is 9.56. The number of aromatic amines is 1. The molecule has 4 aromatic rings. The first kappa shape index (κ1) is 25.8. The van der Waals surface area contributed by atoms with Crippen LogP contribution in [0.5, 0.6) is 0 Å². The maximum atomic E-state index is 9.10. The molecule has 1 fully saturated rings. The Hall–Kier alpha value is -3.33. The van der Waals surface area contributed by atoms with E-state index in [0.29, 0.717) is 5.92 Å². The van der Waals surface area contributed by atoms with Crippen molar-refractivity contribution in [2.45, 2.75) is 25.2 Å². The van der Waals surface area contributed by atoms with Crippen LogP contribution in [-0.4, -0.2) is 61.5 Å². The first-order valence-electron chi connectivity index (χ1n) is 11.5. The second-order valence-electron chi connectivity index (χ2n) is 8.68. The first-order chi connectivity index (χ1) is 17.3. The fourth-order valence-electron chi connectivity index (χ4n) is 4.46. The molecule has 36 heavy (non-hydrogen) atoms. The van der Waals surface area contributed by atoms with Gasteiger partial charge in [0, 0.05) is 39.9 Å². The number of benzene rings is 2. The van der Waals surface area contributed by atoms with Crippen molar-refractivity contribution in [1.29, 1.82) is 0 Å². The number of carbonyl (C=O) groups is 2. The lowest BCUT2D eigenvalue weighted by Crippen LogP contribution is -2.34. The van der Waals surface area contributed by atoms with E-state index in [-0.39, 0.29) is 0 Å². The van der Waals surface area contributed by atoms with Gasteiger partial charge < -0.3 is 20.1 Å². The molecule has 0 spiro atoms. The van der Waals surface area contributed by atoms with E-state index in [1.165, 1.54) is 34.9 Å². The molecular weight excluding hydrogens is 503 g/mol. The number of nitrogens with one attached hydrogen (secondary N) is 1. The van der Waals surface area contributed by atoms with Crippen molar-refractivity contribution in [1.82, 2.24) is 19.7 Å². The predicted octanol–water partition coefficient (Wildman–Crippen LogP) is 5.24. The Balaban J connectivity index is 0.000000455. The third-order valence-corrected chi connectivity index (χ3v) is 6.78. The minimum absolute atomic E-state index is 0.596. The number of aliphatic carboxylic acids is 2. The number of carboxylic acid groups (broad SMARTS) is 2. The van der Waals surface area contributed by atoms with Crippen LogP contribution in [0.4, 0.5) is 0 Å². The Bertz CT molecular complexity index is 1350. The quantitative estimate of drug-likeness (QED) is 0.305. The molecule has 0 radical (unpaired) electrons. The van der Waals surface area contributed by atoms with Crippen molar-refractivity contribution in [2.24, 2.45) is 0 Å². The molecule has 1 aliphatic rings. The van der Waals surface area contributed by atoms with Gasteiger partial charge in [0.05, 0.1) is 11.9 Å². The highest BCUT2D eigenvalue weighted by Crippen LogP contribution is 2.34. The van der Waals surface area contributed by atoms with E-state index < -0.39 is 11.9 Å². The van der Waals surface area contributed by atoms with Crippen LogP contribution < -0.4 is 0 Å². The summed E-state index contributed by atoms with van der Waals surface area (Å²) in [6.45, 7) is 3.31. The first-order valence-corrected chi connectivity index (χ1v) is 12.3. The van der Waals surface area contributed by atoms with Crippen LogP contribution in [0.1, 0.15) is 29.9 Å². The molecule has 3 heterocycles. The summed E-state index contributed by atoms with van der Waals surface area (Å²) >= 11 is 12.3. The fourth-order valence-corrected chi connectivity index (χ4v) is 4.81. The number of nitrogens with zero attached hydrogens (tertiary/aromatic N) is 3. The van der Waals surface area contributed by atoms with Crippen molar-refractivity contribution in [3.05, 3.63) is 82.2 Å². The highest BCUT2D eigenvalue weighted by molar-refractivity contribution is 6.31. The maximum absolute atomic E-state index is 9.10. The number of aromatic nitrogens is 3. The van der Waals surface area contributed by atoms with Gasteiger partial charge in [-0.25, -0.2) is 14.3 Å². The third-order valence-electron chi connectivity index (χ3n) is 6.31. The normalized spacial score (nSPS) is 14.4. The fraction of sp³-hybridized carbons (Fsp3) is 0.269. The molecule has 8 nitrogen and oxygen atoms in total. The van der Waals surface area contributed by atoms with Gasteiger partial charge >= 0.3 is 11.9 Å². The lowest BCUT2D eigenvalue weighted by atomic mass is 9.89. The number of halogens is 2. The molecule has 0 saturated carbocycles. The summed E-state index contributed by atoms with van der Waals surface area (Å²) in [6, 6.07) is 13.9. The molecule has 188 valence electrons. The van der Waals surface area contributed by atoms with Crippen LogP contribution in [0.25, 0.3) is 16.6 Å². The van der Waals surface area contributed by atoms with Crippen LogP contribution in [0.15, 0.2) is 61.1 Å². The van der Waals surface area contributed by atoms with Crippen LogP contribution in [0.3, 0.4) is 0 Å². The topological polar surface area (TPSA) is 111 Å². The van der Waals surface area contributed by atoms with E-state index in [9.17, 15) is 0 Å². The molecule has 2 aromatic heterocycles. The minimum atomic E-state index is -1.82. The van der Waals surface area contributed by atoms with Crippen molar-refractivity contribution in [3.8, 4) is 5.69 Å². The maximum Gasteiger partial charge on any atom is 0.414 e. The lowest BCUT2D eigenvalue weighted by Gasteiger charge is -2.31. The zero-order chi connectivity index (χ0) is 25.7. The van der Waals surface area contributed by atoms with Crippen molar-refractivity contribution >= 4 is 46.0 Å². The van der Waals surface area contributed by atoms with E-state index in [1.807, 2.05) is 41.2 Å². The molecule has 1 saturated heterocycles. The highest BCUT2D eigenvalue weighted by Gasteiger charge is 2.23. The molecule has 3 N–H and O–H groups in total. The van der Waals surface area contributed by atoms with Gasteiger partial charge in [0.1, 0.15) is 0 Å². The number of fused-ring (bicyclic) bond motifs is 1. The van der Waals surface area contributed by atoms with E-state index in [1.54, 1.807) is 0 Å². The molecule has 2 aromatic carbocycles. The zero-order valence-corrected chi connectivity index (χ0v) is 20.9. The summed E-state index contributed by atoms with van der Waals surface area (Å²) in [4.78, 5) is 24.2. The van der Waals surface area contributed by atoms with E-state index in [0.717, 1.165) is 41.8 Å². The molecule has 5 rings (SSSR count). The van der Waals surface area contributed by atoms with Gasteiger partial charge in [0.15, 0.2) is 0 Å². The number of carboxylic acids is 2. The van der Waals surface area contributed by atoms with Gasteiger partial charge in [-0.15, -0.1) is 0 Å². The SMILES string of the molecule is Clc1cccc(-n2cc(CCN3CCC(c4c[nH]c5ccc(Cl)cc45)CC3)cn2)c1.O=C(O)C(=O)O. The molecule has 0 amide bonds. The standard InChI is InChI=1S/C24H24Cl2N4.C2H2O4/c25-19-2-1-3-21(12-19)30-16-17(14-28-30)6-9-29-10-7-18(8-11-29)23-15-27-24-5-4-20(26)13-22(23)24;3-1(4)2(5)6/h1-5,12-16,18,27H,6-11H2;(H,3,4)(H,5,6). The minimum Gasteiger partial charge on any atom is -0.473 e. The number of rotatable bonds is 5. The average Bonchev–Trinajstić information content (AvgIpc) is 3.50. The van der Waals surface area contributed by atoms with Gasteiger partial charge in [-0.3, -0.25) is 0 Å². The largest absolute Gasteiger partial charge is 0.473 e. The molecule has 10 heteroatoms. The van der Waals surface area contributed by atoms with Crippen LogP contribution >= 0.6 is 23.2 Å². The number of hydrogen-bond donors (Lipinski definition) is 3. The van der Waals surface area contributed by atoms with Crippen LogP contribution in [0, 0.1) is 0 Å². The Morgan fingerprint density at radius 2 is 1.75 bits per heavy atom. The average molecular weight is 529 g/mol. The Morgan fingerprint density at radius 3 is 2.44 bits per heavy atom. The summed E-state index contributed by atoms with van der Waals surface area (Å²) in [6.07, 6.45) is 9.61. The van der Waals surface area contributed by atoms with Crippen molar-refractivity contribution in [3.63, 3.8) is 0 Å². The predicted molar refractivity (Wildman–Crippen MR) is 139 cm³/mol. The summed E-state index contributed by atoms with van der Waals surface area (Å²) in [5.41, 5.74) is 4.83. The number of H-pyrrole nitrogens is 1. The Morgan fingerprint density at radius 1 is 1.03 bits per heavy atom. The third kappa shape index (κ3) is 6.46. The smallest absolute Gasteiger partial charge is 0.414 e.